The van der Waals surface area contributed by atoms with E-state index in [1.807, 2.05) is 37.3 Å². The number of fused-ring (bicyclic) bond motifs is 1. The van der Waals surface area contributed by atoms with Crippen LogP contribution in [0.3, 0.4) is 0 Å². The number of anilines is 2. The van der Waals surface area contributed by atoms with Crippen LogP contribution in [0.1, 0.15) is 36.7 Å². The van der Waals surface area contributed by atoms with Gasteiger partial charge in [0.25, 0.3) is 5.91 Å². The summed E-state index contributed by atoms with van der Waals surface area (Å²) in [5, 5.41) is 6.52. The quantitative estimate of drug-likeness (QED) is 0.678. The first-order valence-electron chi connectivity index (χ1n) is 8.36. The Morgan fingerprint density at radius 1 is 0.960 bits per heavy atom. The van der Waals surface area contributed by atoms with Gasteiger partial charge in [0.1, 0.15) is 5.58 Å². The fourth-order valence-electron chi connectivity index (χ4n) is 2.53. The number of carbonyl (C=O) groups is 2. The van der Waals surface area contributed by atoms with Crippen LogP contribution in [0.2, 0.25) is 0 Å². The van der Waals surface area contributed by atoms with Crippen molar-refractivity contribution < 1.29 is 14.0 Å². The van der Waals surface area contributed by atoms with Gasteiger partial charge in [-0.2, -0.15) is 0 Å². The average molecular weight is 336 g/mol. The second kappa shape index (κ2) is 7.66. The normalized spacial score (nSPS) is 10.6. The van der Waals surface area contributed by atoms with Gasteiger partial charge in [0.2, 0.25) is 5.91 Å². The van der Waals surface area contributed by atoms with Crippen molar-refractivity contribution in [1.29, 1.82) is 0 Å². The maximum atomic E-state index is 12.5. The molecular formula is C20H20N2O3. The second-order valence-corrected chi connectivity index (χ2v) is 5.80. The lowest BCUT2D eigenvalue weighted by molar-refractivity contribution is -0.116. The molecule has 128 valence electrons. The van der Waals surface area contributed by atoms with E-state index in [-0.39, 0.29) is 17.6 Å². The molecule has 2 N–H and O–H groups in total. The van der Waals surface area contributed by atoms with E-state index in [0.29, 0.717) is 23.4 Å². The van der Waals surface area contributed by atoms with Gasteiger partial charge >= 0.3 is 0 Å². The third-order valence-electron chi connectivity index (χ3n) is 3.86. The van der Waals surface area contributed by atoms with Gasteiger partial charge < -0.3 is 15.1 Å². The number of furan rings is 1. The van der Waals surface area contributed by atoms with E-state index in [2.05, 4.69) is 10.6 Å². The second-order valence-electron chi connectivity index (χ2n) is 5.80. The van der Waals surface area contributed by atoms with Crippen molar-refractivity contribution >= 4 is 34.2 Å². The molecule has 2 aromatic carbocycles. The number of hydrogen-bond donors (Lipinski definition) is 2. The SMILES string of the molecule is CCCCC(=O)Nc1ccccc1NC(=O)c1cc2ccccc2o1. The topological polar surface area (TPSA) is 71.3 Å². The van der Waals surface area contributed by atoms with Crippen LogP contribution in [0, 0.1) is 0 Å². The van der Waals surface area contributed by atoms with Gasteiger partial charge in [0.05, 0.1) is 11.4 Å². The number of carbonyl (C=O) groups excluding carboxylic acids is 2. The van der Waals surface area contributed by atoms with E-state index in [9.17, 15) is 9.59 Å². The van der Waals surface area contributed by atoms with Gasteiger partial charge in [-0.05, 0) is 30.7 Å². The molecule has 0 saturated heterocycles. The maximum absolute atomic E-state index is 12.5. The molecule has 25 heavy (non-hydrogen) atoms. The zero-order valence-electron chi connectivity index (χ0n) is 14.0. The Morgan fingerprint density at radius 3 is 2.36 bits per heavy atom. The fourth-order valence-corrected chi connectivity index (χ4v) is 2.53. The Morgan fingerprint density at radius 2 is 1.64 bits per heavy atom. The third-order valence-corrected chi connectivity index (χ3v) is 3.86. The van der Waals surface area contributed by atoms with E-state index in [4.69, 9.17) is 4.42 Å². The van der Waals surface area contributed by atoms with Crippen molar-refractivity contribution in [2.45, 2.75) is 26.2 Å². The first kappa shape index (κ1) is 16.8. The van der Waals surface area contributed by atoms with Crippen molar-refractivity contribution in [2.75, 3.05) is 10.6 Å². The van der Waals surface area contributed by atoms with Crippen molar-refractivity contribution in [1.82, 2.24) is 0 Å². The molecule has 0 aliphatic rings. The summed E-state index contributed by atoms with van der Waals surface area (Å²) >= 11 is 0. The van der Waals surface area contributed by atoms with Crippen molar-refractivity contribution in [3.63, 3.8) is 0 Å². The Kier molecular flexibility index (Phi) is 5.14. The third kappa shape index (κ3) is 4.07. The molecule has 1 heterocycles. The Hall–Kier alpha value is -3.08. The largest absolute Gasteiger partial charge is 0.451 e. The van der Waals surface area contributed by atoms with E-state index in [1.165, 1.54) is 0 Å². The number of benzene rings is 2. The molecule has 3 aromatic rings. The van der Waals surface area contributed by atoms with Gasteiger partial charge in [-0.3, -0.25) is 9.59 Å². The minimum atomic E-state index is -0.355. The van der Waals surface area contributed by atoms with Gasteiger partial charge in [-0.15, -0.1) is 0 Å². The lowest BCUT2D eigenvalue weighted by Gasteiger charge is -2.11. The smallest absolute Gasteiger partial charge is 0.291 e. The van der Waals surface area contributed by atoms with Crippen molar-refractivity contribution in [3.8, 4) is 0 Å². The Labute approximate surface area is 146 Å². The zero-order chi connectivity index (χ0) is 17.6. The summed E-state index contributed by atoms with van der Waals surface area (Å²) in [5.41, 5.74) is 1.78. The van der Waals surface area contributed by atoms with Crippen LogP contribution < -0.4 is 10.6 Å². The molecule has 5 nitrogen and oxygen atoms in total. The average Bonchev–Trinajstić information content (AvgIpc) is 3.06. The van der Waals surface area contributed by atoms with Gasteiger partial charge in [-0.1, -0.05) is 43.7 Å². The molecule has 0 aliphatic carbocycles. The molecule has 3 rings (SSSR count). The van der Waals surface area contributed by atoms with E-state index >= 15 is 0 Å². The molecule has 0 spiro atoms. The molecule has 0 radical (unpaired) electrons. The van der Waals surface area contributed by atoms with Crippen LogP contribution in [0.5, 0.6) is 0 Å². The lowest BCUT2D eigenvalue weighted by atomic mass is 10.2. The van der Waals surface area contributed by atoms with E-state index < -0.39 is 0 Å². The van der Waals surface area contributed by atoms with E-state index in [1.54, 1.807) is 24.3 Å². The van der Waals surface area contributed by atoms with Crippen LogP contribution >= 0.6 is 0 Å². The number of nitrogens with one attached hydrogen (secondary N) is 2. The minimum absolute atomic E-state index is 0.0627. The summed E-state index contributed by atoms with van der Waals surface area (Å²) in [4.78, 5) is 24.4. The van der Waals surface area contributed by atoms with Crippen LogP contribution in [0.15, 0.2) is 59.0 Å². The number of rotatable bonds is 6. The lowest BCUT2D eigenvalue weighted by Crippen LogP contribution is -2.16. The summed E-state index contributed by atoms with van der Waals surface area (Å²) in [6, 6.07) is 16.3. The molecule has 0 saturated carbocycles. The van der Waals surface area contributed by atoms with Crippen molar-refractivity contribution in [3.05, 3.63) is 60.4 Å². The zero-order valence-corrected chi connectivity index (χ0v) is 14.0. The van der Waals surface area contributed by atoms with Gasteiger partial charge in [0.15, 0.2) is 5.76 Å². The molecule has 1 aromatic heterocycles. The Balaban J connectivity index is 1.75. The van der Waals surface area contributed by atoms with Crippen LogP contribution in [0.25, 0.3) is 11.0 Å². The minimum Gasteiger partial charge on any atom is -0.451 e. The molecule has 0 unspecified atom stereocenters. The molecule has 0 bridgehead atoms. The number of unbranched alkanes of at least 4 members (excludes halogenated alkanes) is 1. The van der Waals surface area contributed by atoms with Crippen LogP contribution in [-0.2, 0) is 4.79 Å². The first-order chi connectivity index (χ1) is 12.2. The number of amides is 2. The monoisotopic (exact) mass is 336 g/mol. The fraction of sp³-hybridized carbons (Fsp3) is 0.200. The highest BCUT2D eigenvalue weighted by atomic mass is 16.3. The molecular weight excluding hydrogens is 316 g/mol. The molecule has 0 fully saturated rings. The highest BCUT2D eigenvalue weighted by Gasteiger charge is 2.14. The first-order valence-corrected chi connectivity index (χ1v) is 8.36. The Bertz CT molecular complexity index is 866. The van der Waals surface area contributed by atoms with E-state index in [0.717, 1.165) is 18.2 Å². The number of para-hydroxylation sites is 3. The van der Waals surface area contributed by atoms with Gasteiger partial charge in [0, 0.05) is 11.8 Å². The molecule has 5 heteroatoms. The van der Waals surface area contributed by atoms with Crippen LogP contribution in [0.4, 0.5) is 11.4 Å². The highest BCUT2D eigenvalue weighted by molar-refractivity contribution is 6.07. The highest BCUT2D eigenvalue weighted by Crippen LogP contribution is 2.24. The van der Waals surface area contributed by atoms with Crippen molar-refractivity contribution in [2.24, 2.45) is 0 Å². The molecule has 0 aliphatic heterocycles. The summed E-state index contributed by atoms with van der Waals surface area (Å²) in [6.45, 7) is 2.04. The predicted molar refractivity (Wildman–Crippen MR) is 98.8 cm³/mol. The van der Waals surface area contributed by atoms with Gasteiger partial charge in [-0.25, -0.2) is 0 Å². The summed E-state index contributed by atoms with van der Waals surface area (Å²) in [7, 11) is 0. The summed E-state index contributed by atoms with van der Waals surface area (Å²) < 4.78 is 5.58. The summed E-state index contributed by atoms with van der Waals surface area (Å²) in [6.07, 6.45) is 2.25. The predicted octanol–water partition coefficient (Wildman–Crippen LogP) is 4.81. The van der Waals surface area contributed by atoms with Crippen LogP contribution in [-0.4, -0.2) is 11.8 Å². The maximum Gasteiger partial charge on any atom is 0.291 e. The number of hydrogen-bond acceptors (Lipinski definition) is 3. The standard InChI is InChI=1S/C20H20N2O3/c1-2-3-12-19(23)21-15-9-5-6-10-16(15)22-20(24)18-13-14-8-4-7-11-17(14)25-18/h4-11,13H,2-3,12H2,1H3,(H,21,23)(H,22,24). The summed E-state index contributed by atoms with van der Waals surface area (Å²) in [5.74, 6) is -0.188. The molecule has 0 atom stereocenters. The molecule has 2 amide bonds.